The molecule has 0 heterocycles. The number of hydrogen-bond donors (Lipinski definition) is 0. The molecule has 0 spiro atoms. The van der Waals surface area contributed by atoms with Gasteiger partial charge in [-0.3, -0.25) is 9.59 Å². The van der Waals surface area contributed by atoms with Crippen molar-refractivity contribution in [3.8, 4) is 11.5 Å². The predicted octanol–water partition coefficient (Wildman–Crippen LogP) is 3.63. The number of Topliss-reactive ketones (excluding diaryl/α,β-unsaturated/α-hetero) is 1. The largest absolute Gasteiger partial charge is 0.493 e. The summed E-state index contributed by atoms with van der Waals surface area (Å²) < 4.78 is 15.9. The first-order chi connectivity index (χ1) is 12.4. The van der Waals surface area contributed by atoms with Crippen molar-refractivity contribution in [2.45, 2.75) is 25.9 Å². The summed E-state index contributed by atoms with van der Waals surface area (Å²) in [6, 6.07) is 5.04. The Labute approximate surface area is 154 Å². The van der Waals surface area contributed by atoms with Crippen molar-refractivity contribution in [3.63, 3.8) is 0 Å². The summed E-state index contributed by atoms with van der Waals surface area (Å²) >= 11 is 0. The minimum absolute atomic E-state index is 0.0629. The smallest absolute Gasteiger partial charge is 0.166 e. The van der Waals surface area contributed by atoms with Gasteiger partial charge < -0.3 is 14.2 Å². The summed E-state index contributed by atoms with van der Waals surface area (Å²) in [6.45, 7) is 5.58. The number of carbonyl (C=O) groups is 2. The van der Waals surface area contributed by atoms with Gasteiger partial charge in [-0.1, -0.05) is 19.1 Å². The van der Waals surface area contributed by atoms with Crippen molar-refractivity contribution in [1.82, 2.24) is 0 Å². The van der Waals surface area contributed by atoms with Gasteiger partial charge in [-0.25, -0.2) is 0 Å². The van der Waals surface area contributed by atoms with Gasteiger partial charge in [0.1, 0.15) is 0 Å². The molecular weight excluding hydrogens is 332 g/mol. The fourth-order valence-corrected chi connectivity index (χ4v) is 3.55. The SMILES string of the molecule is C=CC[C@]1([C@H](C)C(=O)c2ccc(OC)c(OC)c2)C[C@@H](OC)C=CC1=O. The van der Waals surface area contributed by atoms with Gasteiger partial charge in [0.05, 0.1) is 20.3 Å². The number of benzene rings is 1. The van der Waals surface area contributed by atoms with E-state index >= 15 is 0 Å². The number of allylic oxidation sites excluding steroid dienone is 2. The molecule has 3 atom stereocenters. The zero-order valence-corrected chi connectivity index (χ0v) is 15.8. The van der Waals surface area contributed by atoms with E-state index in [2.05, 4.69) is 6.58 Å². The maximum absolute atomic E-state index is 13.2. The molecule has 0 aliphatic heterocycles. The van der Waals surface area contributed by atoms with Crippen molar-refractivity contribution in [2.75, 3.05) is 21.3 Å². The summed E-state index contributed by atoms with van der Waals surface area (Å²) in [4.78, 5) is 26.0. The molecule has 0 unspecified atom stereocenters. The molecule has 1 aromatic rings. The van der Waals surface area contributed by atoms with Crippen LogP contribution in [-0.2, 0) is 9.53 Å². The molecule has 1 aliphatic rings. The average Bonchev–Trinajstić information content (AvgIpc) is 2.68. The van der Waals surface area contributed by atoms with Crippen molar-refractivity contribution in [3.05, 3.63) is 48.6 Å². The first-order valence-electron chi connectivity index (χ1n) is 8.56. The Bertz CT molecular complexity index is 721. The molecule has 0 amide bonds. The van der Waals surface area contributed by atoms with E-state index < -0.39 is 11.3 Å². The van der Waals surface area contributed by atoms with Crippen molar-refractivity contribution >= 4 is 11.6 Å². The summed E-state index contributed by atoms with van der Waals surface area (Å²) in [5.41, 5.74) is -0.378. The van der Waals surface area contributed by atoms with Crippen LogP contribution in [-0.4, -0.2) is 39.0 Å². The molecule has 140 valence electrons. The minimum Gasteiger partial charge on any atom is -0.493 e. The zero-order chi connectivity index (χ0) is 19.3. The Morgan fingerprint density at radius 1 is 1.31 bits per heavy atom. The summed E-state index contributed by atoms with van der Waals surface area (Å²) in [5, 5.41) is 0. The highest BCUT2D eigenvalue weighted by molar-refractivity contribution is 6.05. The Hall–Kier alpha value is -2.40. The molecule has 0 radical (unpaired) electrons. The van der Waals surface area contributed by atoms with Gasteiger partial charge in [0, 0.05) is 24.0 Å². The topological polar surface area (TPSA) is 61.8 Å². The molecule has 26 heavy (non-hydrogen) atoms. The van der Waals surface area contributed by atoms with E-state index in [-0.39, 0.29) is 17.7 Å². The third kappa shape index (κ3) is 3.58. The monoisotopic (exact) mass is 358 g/mol. The second kappa shape index (κ2) is 8.32. The Morgan fingerprint density at radius 2 is 2.00 bits per heavy atom. The maximum Gasteiger partial charge on any atom is 0.166 e. The number of carbonyl (C=O) groups excluding carboxylic acids is 2. The Morgan fingerprint density at radius 3 is 2.58 bits per heavy atom. The summed E-state index contributed by atoms with van der Waals surface area (Å²) in [6.07, 6.45) is 5.63. The maximum atomic E-state index is 13.2. The van der Waals surface area contributed by atoms with Crippen LogP contribution in [0.4, 0.5) is 0 Å². The lowest BCUT2D eigenvalue weighted by Gasteiger charge is -2.39. The first-order valence-corrected chi connectivity index (χ1v) is 8.56. The zero-order valence-electron chi connectivity index (χ0n) is 15.8. The van der Waals surface area contributed by atoms with Crippen molar-refractivity contribution in [2.24, 2.45) is 11.3 Å². The molecule has 1 aliphatic carbocycles. The van der Waals surface area contributed by atoms with E-state index in [1.807, 2.05) is 0 Å². The molecule has 0 bridgehead atoms. The van der Waals surface area contributed by atoms with Gasteiger partial charge in [0.15, 0.2) is 23.1 Å². The lowest BCUT2D eigenvalue weighted by molar-refractivity contribution is -0.128. The van der Waals surface area contributed by atoms with Crippen molar-refractivity contribution in [1.29, 1.82) is 0 Å². The molecule has 0 saturated carbocycles. The van der Waals surface area contributed by atoms with Crippen LogP contribution in [0.3, 0.4) is 0 Å². The van der Waals surface area contributed by atoms with Crippen LogP contribution in [0.15, 0.2) is 43.0 Å². The van der Waals surface area contributed by atoms with Crippen molar-refractivity contribution < 1.29 is 23.8 Å². The van der Waals surface area contributed by atoms with E-state index in [1.54, 1.807) is 51.5 Å². The van der Waals surface area contributed by atoms with Gasteiger partial charge in [0.2, 0.25) is 0 Å². The second-order valence-corrected chi connectivity index (χ2v) is 6.51. The van der Waals surface area contributed by atoms with Gasteiger partial charge in [-0.05, 0) is 37.1 Å². The summed E-state index contributed by atoms with van der Waals surface area (Å²) in [5.74, 6) is 0.314. The van der Waals surface area contributed by atoms with Crippen LogP contribution < -0.4 is 9.47 Å². The molecule has 1 aromatic carbocycles. The molecule has 0 fully saturated rings. The van der Waals surface area contributed by atoms with E-state index in [9.17, 15) is 9.59 Å². The molecule has 0 N–H and O–H groups in total. The van der Waals surface area contributed by atoms with Crippen LogP contribution in [0.25, 0.3) is 0 Å². The van der Waals surface area contributed by atoms with Gasteiger partial charge >= 0.3 is 0 Å². The van der Waals surface area contributed by atoms with Crippen LogP contribution >= 0.6 is 0 Å². The van der Waals surface area contributed by atoms with Crippen LogP contribution in [0, 0.1) is 11.3 Å². The molecule has 2 rings (SSSR count). The Kier molecular flexibility index (Phi) is 6.37. The number of ketones is 2. The number of rotatable bonds is 8. The highest BCUT2D eigenvalue weighted by atomic mass is 16.5. The standard InChI is InChI=1S/C21H26O5/c1-6-11-21(13-16(24-3)8-10-19(21)22)14(2)20(23)15-7-9-17(25-4)18(12-15)26-5/h6-10,12,14,16H,1,11,13H2,2-5H3/t14-,16+,21-/m1/s1. The minimum atomic E-state index is -0.860. The quantitative estimate of drug-likeness (QED) is 0.524. The fourth-order valence-electron chi connectivity index (χ4n) is 3.55. The predicted molar refractivity (Wildman–Crippen MR) is 99.8 cm³/mol. The van der Waals surface area contributed by atoms with Gasteiger partial charge in [-0.2, -0.15) is 0 Å². The lowest BCUT2D eigenvalue weighted by Crippen LogP contribution is -2.45. The lowest BCUT2D eigenvalue weighted by atomic mass is 9.63. The molecule has 0 saturated heterocycles. The van der Waals surface area contributed by atoms with E-state index in [0.717, 1.165) is 0 Å². The number of hydrogen-bond acceptors (Lipinski definition) is 5. The average molecular weight is 358 g/mol. The van der Waals surface area contributed by atoms with Crippen LogP contribution in [0.1, 0.15) is 30.1 Å². The fraction of sp³-hybridized carbons (Fsp3) is 0.429. The molecule has 0 aromatic heterocycles. The highest BCUT2D eigenvalue weighted by Gasteiger charge is 2.47. The molecule has 5 nitrogen and oxygen atoms in total. The molecule has 5 heteroatoms. The third-order valence-corrected chi connectivity index (χ3v) is 5.22. The van der Waals surface area contributed by atoms with Gasteiger partial charge in [0.25, 0.3) is 0 Å². The highest BCUT2D eigenvalue weighted by Crippen LogP contribution is 2.43. The van der Waals surface area contributed by atoms with Crippen LogP contribution in [0.5, 0.6) is 11.5 Å². The third-order valence-electron chi connectivity index (χ3n) is 5.22. The first kappa shape index (κ1) is 19.9. The van der Waals surface area contributed by atoms with Gasteiger partial charge in [-0.15, -0.1) is 6.58 Å². The van der Waals surface area contributed by atoms with E-state index in [4.69, 9.17) is 14.2 Å². The van der Waals surface area contributed by atoms with E-state index in [1.165, 1.54) is 13.2 Å². The van der Waals surface area contributed by atoms with Crippen LogP contribution in [0.2, 0.25) is 0 Å². The van der Waals surface area contributed by atoms with E-state index in [0.29, 0.717) is 29.9 Å². The number of ether oxygens (including phenoxy) is 3. The molecular formula is C21H26O5. The second-order valence-electron chi connectivity index (χ2n) is 6.51. The Balaban J connectivity index is 2.41. The summed E-state index contributed by atoms with van der Waals surface area (Å²) in [7, 11) is 4.66. The normalized spacial score (nSPS) is 23.4. The number of methoxy groups -OCH3 is 3.